The van der Waals surface area contributed by atoms with Gasteiger partial charge < -0.3 is 9.47 Å². The third-order valence-corrected chi connectivity index (χ3v) is 3.21. The number of nitrogens with one attached hydrogen (secondary N) is 1. The molecule has 0 saturated carbocycles. The molecule has 0 unspecified atom stereocenters. The third-order valence-electron chi connectivity index (χ3n) is 3.21. The van der Waals surface area contributed by atoms with Crippen LogP contribution in [0.4, 0.5) is 36.8 Å². The zero-order chi connectivity index (χ0) is 20.1. The van der Waals surface area contributed by atoms with Gasteiger partial charge in [-0.05, 0) is 29.8 Å². The zero-order valence-electron chi connectivity index (χ0n) is 13.5. The lowest BCUT2D eigenvalue weighted by Crippen LogP contribution is -2.37. The smallest absolute Gasteiger partial charge is 0.436 e. The molecule has 2 aromatic rings. The average Bonchev–Trinajstić information content (AvgIpc) is 2.55. The van der Waals surface area contributed by atoms with Gasteiger partial charge in [0.25, 0.3) is 0 Å². The first-order valence-electron chi connectivity index (χ1n) is 7.47. The molecule has 0 aliphatic rings. The second kappa shape index (κ2) is 8.19. The summed E-state index contributed by atoms with van der Waals surface area (Å²) < 4.78 is 83.6. The van der Waals surface area contributed by atoms with Crippen molar-refractivity contribution in [3.63, 3.8) is 0 Å². The SMILES string of the molecule is O=C(Nc1ccc(OC(F)(F)F)cc1)O[C@@H](Cc1ccccc1)C(F)(F)F. The van der Waals surface area contributed by atoms with Crippen LogP contribution < -0.4 is 10.1 Å². The molecular weight excluding hydrogens is 380 g/mol. The molecule has 2 aromatic carbocycles. The number of alkyl halides is 6. The van der Waals surface area contributed by atoms with Crippen molar-refractivity contribution in [3.05, 3.63) is 60.2 Å². The van der Waals surface area contributed by atoms with Crippen molar-refractivity contribution in [1.29, 1.82) is 0 Å². The normalized spacial score (nSPS) is 13.0. The van der Waals surface area contributed by atoms with E-state index in [1.807, 2.05) is 5.32 Å². The topological polar surface area (TPSA) is 47.6 Å². The number of hydrogen-bond acceptors (Lipinski definition) is 3. The van der Waals surface area contributed by atoms with E-state index >= 15 is 0 Å². The van der Waals surface area contributed by atoms with Crippen molar-refractivity contribution in [1.82, 2.24) is 0 Å². The lowest BCUT2D eigenvalue weighted by atomic mass is 10.1. The van der Waals surface area contributed by atoms with E-state index in [1.165, 1.54) is 12.1 Å². The number of benzene rings is 2. The quantitative estimate of drug-likeness (QED) is 0.701. The minimum Gasteiger partial charge on any atom is -0.436 e. The predicted octanol–water partition coefficient (Wildman–Crippen LogP) is 5.31. The summed E-state index contributed by atoms with van der Waals surface area (Å²) in [6.45, 7) is 0. The van der Waals surface area contributed by atoms with Gasteiger partial charge in [0.15, 0.2) is 0 Å². The summed E-state index contributed by atoms with van der Waals surface area (Å²) in [6, 6.07) is 11.5. The molecule has 1 atom stereocenters. The second-order valence-corrected chi connectivity index (χ2v) is 5.32. The molecule has 0 fully saturated rings. The van der Waals surface area contributed by atoms with Crippen LogP contribution >= 0.6 is 0 Å². The lowest BCUT2D eigenvalue weighted by Gasteiger charge is -2.21. The highest BCUT2D eigenvalue weighted by Gasteiger charge is 2.42. The maximum Gasteiger partial charge on any atom is 0.573 e. The van der Waals surface area contributed by atoms with Crippen LogP contribution in [0.1, 0.15) is 5.56 Å². The molecule has 0 aliphatic carbocycles. The highest BCUT2D eigenvalue weighted by Crippen LogP contribution is 2.27. The van der Waals surface area contributed by atoms with Gasteiger partial charge in [-0.15, -0.1) is 13.2 Å². The second-order valence-electron chi connectivity index (χ2n) is 5.32. The van der Waals surface area contributed by atoms with Crippen LogP contribution in [0, 0.1) is 0 Å². The van der Waals surface area contributed by atoms with Gasteiger partial charge in [-0.1, -0.05) is 30.3 Å². The number of carbonyl (C=O) groups is 1. The molecule has 10 heteroatoms. The van der Waals surface area contributed by atoms with Crippen LogP contribution in [-0.4, -0.2) is 24.7 Å². The van der Waals surface area contributed by atoms with Gasteiger partial charge in [0.2, 0.25) is 6.10 Å². The van der Waals surface area contributed by atoms with Gasteiger partial charge in [-0.25, -0.2) is 4.79 Å². The number of rotatable bonds is 5. The Bertz CT molecular complexity index is 744. The van der Waals surface area contributed by atoms with Crippen molar-refractivity contribution in [2.75, 3.05) is 5.32 Å². The Morgan fingerprint density at radius 2 is 1.52 bits per heavy atom. The van der Waals surface area contributed by atoms with Gasteiger partial charge >= 0.3 is 18.6 Å². The molecule has 0 bridgehead atoms. The average molecular weight is 393 g/mol. The molecule has 146 valence electrons. The van der Waals surface area contributed by atoms with Crippen LogP contribution in [0.5, 0.6) is 5.75 Å². The number of ether oxygens (including phenoxy) is 2. The fraction of sp³-hybridized carbons (Fsp3) is 0.235. The van der Waals surface area contributed by atoms with E-state index in [0.29, 0.717) is 5.56 Å². The van der Waals surface area contributed by atoms with E-state index in [4.69, 9.17) is 0 Å². The van der Waals surface area contributed by atoms with Gasteiger partial charge in [0.1, 0.15) is 5.75 Å². The molecule has 0 radical (unpaired) electrons. The Labute approximate surface area is 149 Å². The third kappa shape index (κ3) is 7.08. The standard InChI is InChI=1S/C17H13F6NO3/c18-16(19,20)14(10-11-4-2-1-3-5-11)26-15(25)24-12-6-8-13(9-7-12)27-17(21,22)23/h1-9,14H,10H2,(H,24,25)/t14-/m0/s1. The number of halogens is 6. The van der Waals surface area contributed by atoms with Crippen molar-refractivity contribution in [2.24, 2.45) is 0 Å². The molecule has 1 N–H and O–H groups in total. The maximum absolute atomic E-state index is 13.1. The minimum atomic E-state index is -4.88. The van der Waals surface area contributed by atoms with Crippen LogP contribution in [0.3, 0.4) is 0 Å². The lowest BCUT2D eigenvalue weighted by molar-refractivity contribution is -0.274. The van der Waals surface area contributed by atoms with Crippen LogP contribution in [-0.2, 0) is 11.2 Å². The Morgan fingerprint density at radius 1 is 0.926 bits per heavy atom. The summed E-state index contributed by atoms with van der Waals surface area (Å²) in [7, 11) is 0. The highest BCUT2D eigenvalue weighted by molar-refractivity contribution is 5.84. The summed E-state index contributed by atoms with van der Waals surface area (Å²) in [6.07, 6.45) is -14.0. The van der Waals surface area contributed by atoms with Crippen LogP contribution in [0.15, 0.2) is 54.6 Å². The van der Waals surface area contributed by atoms with E-state index < -0.39 is 36.9 Å². The molecular formula is C17H13F6NO3. The van der Waals surface area contributed by atoms with Gasteiger partial charge in [0, 0.05) is 12.1 Å². The van der Waals surface area contributed by atoms with Crippen molar-refractivity contribution < 1.29 is 40.6 Å². The van der Waals surface area contributed by atoms with Gasteiger partial charge in [-0.3, -0.25) is 5.32 Å². The molecule has 27 heavy (non-hydrogen) atoms. The molecule has 2 rings (SSSR count). The summed E-state index contributed by atoms with van der Waals surface area (Å²) in [4.78, 5) is 11.7. The number of amides is 1. The van der Waals surface area contributed by atoms with E-state index in [2.05, 4.69) is 9.47 Å². The summed E-state index contributed by atoms with van der Waals surface area (Å²) in [5.74, 6) is -0.543. The number of hydrogen-bond donors (Lipinski definition) is 1. The fourth-order valence-electron chi connectivity index (χ4n) is 2.07. The molecule has 0 heterocycles. The number of anilines is 1. The Hall–Kier alpha value is -2.91. The van der Waals surface area contributed by atoms with E-state index in [1.54, 1.807) is 18.2 Å². The van der Waals surface area contributed by atoms with E-state index in [9.17, 15) is 31.1 Å². The predicted molar refractivity (Wildman–Crippen MR) is 83.2 cm³/mol. The zero-order valence-corrected chi connectivity index (χ0v) is 13.5. The van der Waals surface area contributed by atoms with E-state index in [0.717, 1.165) is 24.3 Å². The minimum absolute atomic E-state index is 0.0600. The molecule has 0 aromatic heterocycles. The van der Waals surface area contributed by atoms with Gasteiger partial charge in [-0.2, -0.15) is 13.2 Å². The molecule has 0 spiro atoms. The van der Waals surface area contributed by atoms with Gasteiger partial charge in [0.05, 0.1) is 0 Å². The monoisotopic (exact) mass is 393 g/mol. The molecule has 0 aliphatic heterocycles. The van der Waals surface area contributed by atoms with Crippen molar-refractivity contribution in [3.8, 4) is 5.75 Å². The first-order valence-corrected chi connectivity index (χ1v) is 7.47. The first kappa shape index (κ1) is 20.4. The van der Waals surface area contributed by atoms with Crippen LogP contribution in [0.25, 0.3) is 0 Å². The largest absolute Gasteiger partial charge is 0.573 e. The maximum atomic E-state index is 13.1. The summed E-state index contributed by atoms with van der Waals surface area (Å²) in [5, 5.41) is 2.02. The number of carbonyl (C=O) groups excluding carboxylic acids is 1. The highest BCUT2D eigenvalue weighted by atomic mass is 19.4. The molecule has 1 amide bonds. The van der Waals surface area contributed by atoms with Crippen molar-refractivity contribution >= 4 is 11.8 Å². The fourth-order valence-corrected chi connectivity index (χ4v) is 2.07. The molecule has 0 saturated heterocycles. The summed E-state index contributed by atoms with van der Waals surface area (Å²) in [5.41, 5.74) is 0.261. The Balaban J connectivity index is 1.99. The molecule has 4 nitrogen and oxygen atoms in total. The Kier molecular flexibility index (Phi) is 6.19. The van der Waals surface area contributed by atoms with Crippen LogP contribution in [0.2, 0.25) is 0 Å². The summed E-state index contributed by atoms with van der Waals surface area (Å²) >= 11 is 0. The Morgan fingerprint density at radius 3 is 2.04 bits per heavy atom. The first-order chi connectivity index (χ1) is 12.5. The van der Waals surface area contributed by atoms with Crippen molar-refractivity contribution in [2.45, 2.75) is 25.1 Å². The van der Waals surface area contributed by atoms with E-state index in [-0.39, 0.29) is 5.69 Å².